The van der Waals surface area contributed by atoms with Crippen molar-refractivity contribution in [3.05, 3.63) is 0 Å². The summed E-state index contributed by atoms with van der Waals surface area (Å²) in [4.78, 5) is 0. The van der Waals surface area contributed by atoms with Crippen LogP contribution in [-0.2, 0) is 19.3 Å². The van der Waals surface area contributed by atoms with Gasteiger partial charge in [-0.1, -0.05) is 0 Å². The van der Waals surface area contributed by atoms with Gasteiger partial charge in [-0.05, 0) is 13.8 Å². The van der Waals surface area contributed by atoms with Crippen molar-refractivity contribution in [3.8, 4) is 0 Å². The molecule has 0 rings (SSSR count). The highest BCUT2D eigenvalue weighted by molar-refractivity contribution is 7.90. The molecular weight excluding hydrogens is 192 g/mol. The number of rotatable bonds is 7. The highest BCUT2D eigenvalue weighted by atomic mass is 32.2. The van der Waals surface area contributed by atoms with Gasteiger partial charge < -0.3 is 9.47 Å². The Hall–Kier alpha value is -0.130. The molecule has 0 fully saturated rings. The molecule has 80 valence electrons. The fourth-order valence-corrected chi connectivity index (χ4v) is 1.52. The van der Waals surface area contributed by atoms with Crippen LogP contribution in [0.25, 0.3) is 0 Å². The molecule has 0 N–H and O–H groups in total. The van der Waals surface area contributed by atoms with E-state index < -0.39 is 9.84 Å². The van der Waals surface area contributed by atoms with E-state index in [0.29, 0.717) is 19.6 Å². The van der Waals surface area contributed by atoms with Crippen LogP contribution in [0, 0.1) is 0 Å². The smallest absolute Gasteiger partial charge is 0.158 e. The van der Waals surface area contributed by atoms with Crippen LogP contribution in [0.2, 0.25) is 0 Å². The standard InChI is InChI=1S/C8H18O4S/c1-4-11-8(12-5-2)6-7-13(3,9)10/h8H,4-7H2,1-3H3. The van der Waals surface area contributed by atoms with E-state index in [-0.39, 0.29) is 12.0 Å². The van der Waals surface area contributed by atoms with E-state index in [2.05, 4.69) is 0 Å². The maximum Gasteiger partial charge on any atom is 0.158 e. The first-order valence-electron chi connectivity index (χ1n) is 4.40. The first kappa shape index (κ1) is 12.9. The van der Waals surface area contributed by atoms with Crippen molar-refractivity contribution in [3.63, 3.8) is 0 Å². The van der Waals surface area contributed by atoms with Gasteiger partial charge in [-0.25, -0.2) is 8.42 Å². The molecule has 0 saturated carbocycles. The van der Waals surface area contributed by atoms with Gasteiger partial charge in [0, 0.05) is 25.9 Å². The Labute approximate surface area is 80.1 Å². The molecule has 0 radical (unpaired) electrons. The van der Waals surface area contributed by atoms with E-state index in [1.807, 2.05) is 13.8 Å². The second-order valence-corrected chi connectivity index (χ2v) is 5.02. The Bertz CT molecular complexity index is 204. The molecule has 0 spiro atoms. The summed E-state index contributed by atoms with van der Waals surface area (Å²) >= 11 is 0. The van der Waals surface area contributed by atoms with Crippen molar-refractivity contribution < 1.29 is 17.9 Å². The summed E-state index contributed by atoms with van der Waals surface area (Å²) in [5.74, 6) is 0.109. The third-order valence-electron chi connectivity index (χ3n) is 1.43. The topological polar surface area (TPSA) is 52.6 Å². The van der Waals surface area contributed by atoms with Crippen LogP contribution in [0.3, 0.4) is 0 Å². The number of ether oxygens (including phenoxy) is 2. The summed E-state index contributed by atoms with van der Waals surface area (Å²) in [6.45, 7) is 4.78. The lowest BCUT2D eigenvalue weighted by Crippen LogP contribution is -2.21. The van der Waals surface area contributed by atoms with Crippen LogP contribution in [0.5, 0.6) is 0 Å². The van der Waals surface area contributed by atoms with Gasteiger partial charge in [0.1, 0.15) is 9.84 Å². The van der Waals surface area contributed by atoms with Gasteiger partial charge in [0.25, 0.3) is 0 Å². The predicted octanol–water partition coefficient (Wildman–Crippen LogP) is 0.820. The van der Waals surface area contributed by atoms with E-state index in [1.165, 1.54) is 6.26 Å². The average Bonchev–Trinajstić information content (AvgIpc) is 2.00. The summed E-state index contributed by atoms with van der Waals surface area (Å²) in [5, 5.41) is 0. The van der Waals surface area contributed by atoms with Crippen LogP contribution in [-0.4, -0.2) is 39.9 Å². The Morgan fingerprint density at radius 1 is 1.15 bits per heavy atom. The zero-order valence-corrected chi connectivity index (χ0v) is 9.26. The van der Waals surface area contributed by atoms with Crippen molar-refractivity contribution in [2.24, 2.45) is 0 Å². The molecule has 0 aromatic rings. The summed E-state index contributed by atoms with van der Waals surface area (Å²) in [6.07, 6.45) is 1.23. The predicted molar refractivity (Wildman–Crippen MR) is 51.4 cm³/mol. The molecule has 0 aliphatic carbocycles. The largest absolute Gasteiger partial charge is 0.353 e. The molecule has 0 saturated heterocycles. The summed E-state index contributed by atoms with van der Waals surface area (Å²) in [5.41, 5.74) is 0. The van der Waals surface area contributed by atoms with Gasteiger partial charge in [0.05, 0.1) is 5.75 Å². The van der Waals surface area contributed by atoms with Crippen LogP contribution < -0.4 is 0 Å². The van der Waals surface area contributed by atoms with Gasteiger partial charge in [-0.3, -0.25) is 0 Å². The lowest BCUT2D eigenvalue weighted by molar-refractivity contribution is -0.136. The monoisotopic (exact) mass is 210 g/mol. The second-order valence-electron chi connectivity index (χ2n) is 2.76. The first-order valence-corrected chi connectivity index (χ1v) is 6.46. The lowest BCUT2D eigenvalue weighted by atomic mass is 10.5. The molecule has 0 bridgehead atoms. The van der Waals surface area contributed by atoms with Crippen LogP contribution in [0.1, 0.15) is 20.3 Å². The first-order chi connectivity index (χ1) is 5.99. The van der Waals surface area contributed by atoms with Gasteiger partial charge in [-0.15, -0.1) is 0 Å². The van der Waals surface area contributed by atoms with Crippen molar-refractivity contribution >= 4 is 9.84 Å². The number of sulfone groups is 1. The highest BCUT2D eigenvalue weighted by Gasteiger charge is 2.11. The Morgan fingerprint density at radius 3 is 1.92 bits per heavy atom. The SMILES string of the molecule is CCOC(CCS(C)(=O)=O)OCC. The molecule has 0 aromatic heterocycles. The van der Waals surface area contributed by atoms with Crippen molar-refractivity contribution in [1.82, 2.24) is 0 Å². The van der Waals surface area contributed by atoms with Crippen molar-refractivity contribution in [2.45, 2.75) is 26.6 Å². The quantitative estimate of drug-likeness (QED) is 0.584. The van der Waals surface area contributed by atoms with Crippen LogP contribution in [0.15, 0.2) is 0 Å². The number of hydrogen-bond donors (Lipinski definition) is 0. The lowest BCUT2D eigenvalue weighted by Gasteiger charge is -2.15. The summed E-state index contributed by atoms with van der Waals surface area (Å²) in [7, 11) is -2.92. The molecule has 13 heavy (non-hydrogen) atoms. The van der Waals surface area contributed by atoms with Crippen molar-refractivity contribution in [2.75, 3.05) is 25.2 Å². The molecule has 0 unspecified atom stereocenters. The maximum atomic E-state index is 10.8. The Morgan fingerprint density at radius 2 is 1.62 bits per heavy atom. The molecule has 0 aliphatic heterocycles. The molecule has 0 atom stereocenters. The van der Waals surface area contributed by atoms with E-state index in [9.17, 15) is 8.42 Å². The molecule has 4 nitrogen and oxygen atoms in total. The molecule has 5 heteroatoms. The molecule has 0 aliphatic rings. The third kappa shape index (κ3) is 8.21. The van der Waals surface area contributed by atoms with Gasteiger partial charge in [0.15, 0.2) is 6.29 Å². The molecular formula is C8H18O4S. The fourth-order valence-electron chi connectivity index (χ4n) is 0.897. The van der Waals surface area contributed by atoms with Crippen molar-refractivity contribution in [1.29, 1.82) is 0 Å². The molecule has 0 amide bonds. The number of hydrogen-bond acceptors (Lipinski definition) is 4. The minimum absolute atomic E-state index is 0.109. The summed E-state index contributed by atoms with van der Waals surface area (Å²) < 4.78 is 32.0. The second kappa shape index (κ2) is 6.34. The highest BCUT2D eigenvalue weighted by Crippen LogP contribution is 2.02. The third-order valence-corrected chi connectivity index (χ3v) is 2.41. The van der Waals surface area contributed by atoms with Crippen LogP contribution in [0.4, 0.5) is 0 Å². The Balaban J connectivity index is 3.81. The zero-order valence-electron chi connectivity index (χ0n) is 8.45. The van der Waals surface area contributed by atoms with E-state index >= 15 is 0 Å². The van der Waals surface area contributed by atoms with E-state index in [0.717, 1.165) is 0 Å². The Kier molecular flexibility index (Phi) is 6.28. The molecule has 0 heterocycles. The van der Waals surface area contributed by atoms with Gasteiger partial charge in [-0.2, -0.15) is 0 Å². The normalized spacial score (nSPS) is 12.3. The molecule has 0 aromatic carbocycles. The van der Waals surface area contributed by atoms with Gasteiger partial charge in [0.2, 0.25) is 0 Å². The van der Waals surface area contributed by atoms with Gasteiger partial charge >= 0.3 is 0 Å². The zero-order chi connectivity index (χ0) is 10.3. The average molecular weight is 210 g/mol. The van der Waals surface area contributed by atoms with E-state index in [4.69, 9.17) is 9.47 Å². The summed E-state index contributed by atoms with van der Waals surface area (Å²) in [6, 6.07) is 0. The van der Waals surface area contributed by atoms with Crippen LogP contribution >= 0.6 is 0 Å². The minimum atomic E-state index is -2.92. The van der Waals surface area contributed by atoms with E-state index in [1.54, 1.807) is 0 Å². The maximum absolute atomic E-state index is 10.8. The minimum Gasteiger partial charge on any atom is -0.353 e. The fraction of sp³-hybridized carbons (Fsp3) is 1.00.